The standard InChI is InChI=1S/C31H43BF3NO5S2/c1-7-8-17-38-25-20-23(24(15-16-26-39-18-12-19-40-26)36-43(32,42-6)30(3,4)5)28(31(33,34)35)21(2)27(25)29(37)41-22-13-10-9-11-14-22/h9-11,13-14,20,24,26,32,36H,6-8,12,15-19H2,1-5H3. The summed E-state index contributed by atoms with van der Waals surface area (Å²) in [4.78, 5) is 13.5. The minimum absolute atomic E-state index is 0.0256. The van der Waals surface area contributed by atoms with E-state index in [1.54, 1.807) is 30.3 Å². The zero-order chi connectivity index (χ0) is 31.8. The van der Waals surface area contributed by atoms with E-state index in [0.29, 0.717) is 26.1 Å². The van der Waals surface area contributed by atoms with Gasteiger partial charge in [-0.15, -0.1) is 0 Å². The molecule has 2 aromatic rings. The van der Waals surface area contributed by atoms with Gasteiger partial charge in [0.1, 0.15) is 0 Å². The van der Waals surface area contributed by atoms with E-state index in [4.69, 9.17) is 18.9 Å². The summed E-state index contributed by atoms with van der Waals surface area (Å²) in [6, 6.07) is 8.77. The van der Waals surface area contributed by atoms with Crippen LogP contribution in [0, 0.1) is 6.92 Å². The molecule has 43 heavy (non-hydrogen) atoms. The maximum absolute atomic E-state index is 15.0. The Morgan fingerprint density at radius 3 is 2.42 bits per heavy atom. The van der Waals surface area contributed by atoms with E-state index in [-0.39, 0.29) is 41.2 Å². The van der Waals surface area contributed by atoms with Crippen molar-refractivity contribution in [1.82, 2.24) is 4.72 Å². The zero-order valence-electron chi connectivity index (χ0n) is 25.7. The summed E-state index contributed by atoms with van der Waals surface area (Å²) in [7, 11) is -0.772. The Morgan fingerprint density at radius 1 is 1.21 bits per heavy atom. The van der Waals surface area contributed by atoms with Crippen LogP contribution in [0.2, 0.25) is 0 Å². The summed E-state index contributed by atoms with van der Waals surface area (Å²) in [5.41, 5.74) is -1.42. The number of hydrogen-bond acceptors (Lipinski definition) is 5. The van der Waals surface area contributed by atoms with Crippen LogP contribution in [0.3, 0.4) is 0 Å². The van der Waals surface area contributed by atoms with Gasteiger partial charge in [0.25, 0.3) is 0 Å². The Hall–Kier alpha value is -2.12. The number of alkyl halides is 3. The third-order valence-corrected chi connectivity index (χ3v) is 13.3. The zero-order valence-corrected chi connectivity index (χ0v) is 27.3. The molecule has 0 spiro atoms. The first-order chi connectivity index (χ1) is 20.2. The fourth-order valence-electron chi connectivity index (χ4n) is 4.70. The molecule has 1 N–H and O–H groups in total. The summed E-state index contributed by atoms with van der Waals surface area (Å²) >= 11 is 0. The van der Waals surface area contributed by atoms with E-state index < -0.39 is 43.0 Å². The van der Waals surface area contributed by atoms with Crippen LogP contribution in [0.15, 0.2) is 36.4 Å². The maximum atomic E-state index is 15.0. The van der Waals surface area contributed by atoms with Gasteiger partial charge in [-0.2, -0.15) is 0 Å². The molecule has 1 aliphatic heterocycles. The number of carbonyl (C=O) groups excluding carboxylic acids is 1. The Morgan fingerprint density at radius 2 is 1.86 bits per heavy atom. The molecule has 6 nitrogen and oxygen atoms in total. The number of halogens is 3. The van der Waals surface area contributed by atoms with Gasteiger partial charge in [0.2, 0.25) is 0 Å². The molecule has 12 heteroatoms. The van der Waals surface area contributed by atoms with Gasteiger partial charge in [0.15, 0.2) is 0 Å². The molecule has 2 unspecified atom stereocenters. The van der Waals surface area contributed by atoms with Crippen molar-refractivity contribution in [1.29, 1.82) is 0 Å². The monoisotopic (exact) mass is 641 g/mol. The molecule has 1 heterocycles. The molecule has 0 radical (unpaired) electrons. The number of benzene rings is 2. The van der Waals surface area contributed by atoms with Gasteiger partial charge in [-0.05, 0) is 0 Å². The normalized spacial score (nSPS) is 16.7. The molecule has 2 atom stereocenters. The fraction of sp³-hybridized carbons (Fsp3) is 0.548. The molecule has 1 fully saturated rings. The Balaban J connectivity index is 2.22. The van der Waals surface area contributed by atoms with Crippen LogP contribution >= 0.6 is 0 Å². The third-order valence-electron chi connectivity index (χ3n) is 7.25. The van der Waals surface area contributed by atoms with E-state index in [2.05, 4.69) is 17.3 Å². The van der Waals surface area contributed by atoms with Crippen molar-refractivity contribution in [2.45, 2.75) is 90.0 Å². The SMILES string of the molecule is B=S(NC(CCC1OCCCO1)c1cc(OCCCC)c(C(=O)Oc2ccccc2)c(C)c1C(F)(F)F)(=S=C)C(C)(C)C. The van der Waals surface area contributed by atoms with Crippen LogP contribution in [0.5, 0.6) is 11.5 Å². The molecule has 1 aliphatic rings. The average molecular weight is 642 g/mol. The van der Waals surface area contributed by atoms with Crippen LogP contribution in [-0.4, -0.2) is 49.4 Å². The number of nitrogens with one attached hydrogen (secondary N) is 1. The molecule has 0 amide bonds. The average Bonchev–Trinajstić information content (AvgIpc) is 2.94. The number of rotatable bonds is 12. The number of hydrogen-bond donors (Lipinski definition) is 1. The van der Waals surface area contributed by atoms with Gasteiger partial charge in [-0.3, -0.25) is 0 Å². The van der Waals surface area contributed by atoms with Gasteiger partial charge in [-0.25, -0.2) is 0 Å². The van der Waals surface area contributed by atoms with Crippen LogP contribution in [0.1, 0.15) is 92.9 Å². The molecule has 0 saturated carbocycles. The predicted octanol–water partition coefficient (Wildman–Crippen LogP) is 6.70. The molecule has 1 saturated heterocycles. The van der Waals surface area contributed by atoms with E-state index >= 15 is 13.2 Å². The van der Waals surface area contributed by atoms with Gasteiger partial charge in [0.05, 0.1) is 0 Å². The van der Waals surface area contributed by atoms with Gasteiger partial charge in [-0.1, -0.05) is 6.07 Å². The molecule has 0 aliphatic carbocycles. The van der Waals surface area contributed by atoms with Crippen LogP contribution < -0.4 is 14.2 Å². The fourth-order valence-corrected chi connectivity index (χ4v) is 7.80. The van der Waals surface area contributed by atoms with Crippen molar-refractivity contribution in [2.75, 3.05) is 19.8 Å². The van der Waals surface area contributed by atoms with Gasteiger partial charge in [0, 0.05) is 0 Å². The third kappa shape index (κ3) is 9.20. The van der Waals surface area contributed by atoms with Crippen LogP contribution in [-0.2, 0) is 33.8 Å². The number of ether oxygens (including phenoxy) is 4. The quantitative estimate of drug-likeness (QED) is 0.0916. The predicted molar refractivity (Wildman–Crippen MR) is 172 cm³/mol. The number of unbranched alkanes of at least 4 members (excludes halogenated alkanes) is 1. The summed E-state index contributed by atoms with van der Waals surface area (Å²) in [6.45, 7) is 15.0. The Kier molecular flexibility index (Phi) is 12.5. The van der Waals surface area contributed by atoms with Crippen LogP contribution in [0.25, 0.3) is 0 Å². The first-order valence-corrected chi connectivity index (χ1v) is 17.8. The number of para-hydroxylation sites is 1. The molecule has 2 aromatic carbocycles. The Labute approximate surface area is 257 Å². The van der Waals surface area contributed by atoms with Crippen molar-refractivity contribution >= 4 is 36.7 Å². The second kappa shape index (κ2) is 15.3. The van der Waals surface area contributed by atoms with Crippen LogP contribution in [0.4, 0.5) is 13.2 Å². The molecule has 0 aromatic heterocycles. The van der Waals surface area contributed by atoms with Crippen molar-refractivity contribution in [2.24, 2.45) is 0 Å². The summed E-state index contributed by atoms with van der Waals surface area (Å²) < 4.78 is 71.1. The number of carbonyl (C=O) groups is 1. The van der Waals surface area contributed by atoms with Gasteiger partial charge >= 0.3 is 252 Å². The van der Waals surface area contributed by atoms with Gasteiger partial charge < -0.3 is 0 Å². The summed E-state index contributed by atoms with van der Waals surface area (Å²) in [6.07, 6.45) is -2.45. The minimum atomic E-state index is -4.78. The second-order valence-corrected chi connectivity index (χ2v) is 16.9. The summed E-state index contributed by atoms with van der Waals surface area (Å²) in [5, 5.41) is 0. The first-order valence-electron chi connectivity index (χ1n) is 14.5. The first kappa shape index (κ1) is 35.4. The van der Waals surface area contributed by atoms with Crippen molar-refractivity contribution in [3.05, 3.63) is 58.7 Å². The molecule has 3 rings (SSSR count). The number of esters is 1. The van der Waals surface area contributed by atoms with E-state index in [1.807, 2.05) is 27.7 Å². The molecule has 0 bridgehead atoms. The molecular formula is C31H43BF3NO5S2. The van der Waals surface area contributed by atoms with Crippen molar-refractivity contribution < 1.29 is 36.9 Å². The second-order valence-electron chi connectivity index (χ2n) is 11.4. The van der Waals surface area contributed by atoms with E-state index in [9.17, 15) is 4.79 Å². The molecular weight excluding hydrogens is 598 g/mol. The summed E-state index contributed by atoms with van der Waals surface area (Å²) in [5.74, 6) is 3.38. The molecule has 238 valence electrons. The Bertz CT molecular complexity index is 1390. The topological polar surface area (TPSA) is 66.0 Å². The van der Waals surface area contributed by atoms with E-state index in [0.717, 1.165) is 12.8 Å². The van der Waals surface area contributed by atoms with Crippen molar-refractivity contribution in [3.63, 3.8) is 0 Å². The van der Waals surface area contributed by atoms with E-state index in [1.165, 1.54) is 22.9 Å². The van der Waals surface area contributed by atoms with Crippen molar-refractivity contribution in [3.8, 4) is 11.5 Å².